The summed E-state index contributed by atoms with van der Waals surface area (Å²) >= 11 is 0. The third-order valence-electron chi connectivity index (χ3n) is 5.79. The van der Waals surface area contributed by atoms with E-state index in [0.29, 0.717) is 29.7 Å². The number of hydrogen-bond acceptors (Lipinski definition) is 6. The molecular weight excluding hydrogens is 416 g/mol. The average Bonchev–Trinajstić information content (AvgIpc) is 3.02. The third-order valence-corrected chi connectivity index (χ3v) is 5.79. The van der Waals surface area contributed by atoms with E-state index in [1.807, 2.05) is 13.8 Å². The van der Waals surface area contributed by atoms with E-state index in [2.05, 4.69) is 11.1 Å². The number of aliphatic hydroxyl groups is 1. The van der Waals surface area contributed by atoms with Gasteiger partial charge in [-0.15, -0.1) is 0 Å². The van der Waals surface area contributed by atoms with E-state index in [4.69, 9.17) is 15.3 Å². The lowest BCUT2D eigenvalue weighted by atomic mass is 9.84. The molecule has 0 aliphatic carbocycles. The Morgan fingerprint density at radius 1 is 1.31 bits per heavy atom. The minimum atomic E-state index is -1.17. The van der Waals surface area contributed by atoms with Crippen LogP contribution in [0.4, 0.5) is 8.78 Å². The van der Waals surface area contributed by atoms with Crippen molar-refractivity contribution < 1.29 is 23.5 Å². The number of benzene rings is 2. The Balaban J connectivity index is 1.82. The van der Waals surface area contributed by atoms with E-state index in [1.54, 1.807) is 25.2 Å². The van der Waals surface area contributed by atoms with Crippen LogP contribution in [-0.2, 0) is 10.6 Å². The summed E-state index contributed by atoms with van der Waals surface area (Å²) in [5, 5.41) is 11.0. The van der Waals surface area contributed by atoms with Gasteiger partial charge < -0.3 is 15.6 Å². The van der Waals surface area contributed by atoms with Crippen LogP contribution >= 0.6 is 0 Å². The number of hydroxylamine groups is 2. The van der Waals surface area contributed by atoms with Crippen LogP contribution in [0, 0.1) is 17.6 Å². The predicted octanol–water partition coefficient (Wildman–Crippen LogP) is 4.09. The first kappa shape index (κ1) is 22.2. The highest BCUT2D eigenvalue weighted by Crippen LogP contribution is 2.48. The predicted molar refractivity (Wildman–Crippen MR) is 118 cm³/mol. The number of rotatable bonds is 5. The minimum absolute atomic E-state index is 0.0120. The summed E-state index contributed by atoms with van der Waals surface area (Å²) < 4.78 is 34.6. The van der Waals surface area contributed by atoms with Crippen LogP contribution in [0.5, 0.6) is 5.75 Å². The zero-order chi connectivity index (χ0) is 23.0. The summed E-state index contributed by atoms with van der Waals surface area (Å²) in [7, 11) is 1.66. The number of allylic oxidation sites excluding steroid dienone is 1. The van der Waals surface area contributed by atoms with Gasteiger partial charge in [-0.1, -0.05) is 17.7 Å². The van der Waals surface area contributed by atoms with E-state index >= 15 is 0 Å². The Bertz CT molecular complexity index is 1080. The molecule has 0 saturated heterocycles. The van der Waals surface area contributed by atoms with Crippen LogP contribution in [0.25, 0.3) is 11.1 Å². The highest BCUT2D eigenvalue weighted by atomic mass is 19.1. The van der Waals surface area contributed by atoms with Crippen molar-refractivity contribution in [2.24, 2.45) is 16.6 Å². The molecule has 4 rings (SSSR count). The maximum Gasteiger partial charge on any atom is 0.221 e. The molecule has 3 atom stereocenters. The Kier molecular flexibility index (Phi) is 5.92. The highest BCUT2D eigenvalue weighted by Gasteiger charge is 2.50. The zero-order valence-corrected chi connectivity index (χ0v) is 18.3. The quantitative estimate of drug-likeness (QED) is 0.681. The van der Waals surface area contributed by atoms with Gasteiger partial charge in [0.05, 0.1) is 5.56 Å². The monoisotopic (exact) mass is 443 g/mol. The van der Waals surface area contributed by atoms with Gasteiger partial charge in [0.15, 0.2) is 0 Å². The van der Waals surface area contributed by atoms with Crippen LogP contribution in [-0.4, -0.2) is 35.9 Å². The van der Waals surface area contributed by atoms with Crippen LogP contribution < -0.4 is 10.5 Å². The first-order valence-corrected chi connectivity index (χ1v) is 10.5. The summed E-state index contributed by atoms with van der Waals surface area (Å²) in [4.78, 5) is 10.7. The molecule has 3 unspecified atom stereocenters. The lowest BCUT2D eigenvalue weighted by molar-refractivity contribution is -0.193. The maximum atomic E-state index is 14.4. The molecular formula is C24H27F2N3O3. The third kappa shape index (κ3) is 4.08. The Morgan fingerprint density at radius 3 is 2.75 bits per heavy atom. The summed E-state index contributed by atoms with van der Waals surface area (Å²) in [5.74, 6) is -0.396. The SMILES string of the molecule is CC(C)=CC(CCO)C1CC2(N=C(N)N(C)O2)c2cc(-c3cc(F)ccc3F)ccc2O1. The van der Waals surface area contributed by atoms with Gasteiger partial charge in [-0.2, -0.15) is 0 Å². The van der Waals surface area contributed by atoms with Crippen molar-refractivity contribution in [2.45, 2.75) is 38.5 Å². The summed E-state index contributed by atoms with van der Waals surface area (Å²) in [5.41, 5.74) is 7.18. The van der Waals surface area contributed by atoms with Crippen molar-refractivity contribution in [1.82, 2.24) is 5.06 Å². The van der Waals surface area contributed by atoms with Gasteiger partial charge >= 0.3 is 0 Å². The fourth-order valence-electron chi connectivity index (χ4n) is 4.35. The van der Waals surface area contributed by atoms with Crippen molar-refractivity contribution >= 4 is 5.96 Å². The highest BCUT2D eigenvalue weighted by molar-refractivity contribution is 5.79. The van der Waals surface area contributed by atoms with Gasteiger partial charge in [-0.05, 0) is 56.2 Å². The fourth-order valence-corrected chi connectivity index (χ4v) is 4.35. The lowest BCUT2D eigenvalue weighted by Crippen LogP contribution is -2.42. The molecule has 0 radical (unpaired) electrons. The minimum Gasteiger partial charge on any atom is -0.489 e. The lowest BCUT2D eigenvalue weighted by Gasteiger charge is -2.39. The van der Waals surface area contributed by atoms with Crippen molar-refractivity contribution in [3.8, 4) is 16.9 Å². The van der Waals surface area contributed by atoms with Gasteiger partial charge in [0, 0.05) is 31.6 Å². The maximum absolute atomic E-state index is 14.4. The second-order valence-corrected chi connectivity index (χ2v) is 8.46. The summed E-state index contributed by atoms with van der Waals surface area (Å²) in [6.45, 7) is 4.00. The largest absolute Gasteiger partial charge is 0.489 e. The zero-order valence-electron chi connectivity index (χ0n) is 18.3. The Labute approximate surface area is 185 Å². The Hall–Kier alpha value is -2.97. The van der Waals surface area contributed by atoms with Gasteiger partial charge in [-0.3, -0.25) is 0 Å². The van der Waals surface area contributed by atoms with E-state index in [9.17, 15) is 13.9 Å². The topological polar surface area (TPSA) is 80.3 Å². The number of halogens is 2. The van der Waals surface area contributed by atoms with Crippen LogP contribution in [0.15, 0.2) is 53.0 Å². The number of ether oxygens (including phenoxy) is 1. The second kappa shape index (κ2) is 8.52. The molecule has 170 valence electrons. The van der Waals surface area contributed by atoms with Crippen LogP contribution in [0.3, 0.4) is 0 Å². The van der Waals surface area contributed by atoms with Crippen molar-refractivity contribution in [1.29, 1.82) is 0 Å². The number of guanidine groups is 1. The van der Waals surface area contributed by atoms with E-state index < -0.39 is 17.4 Å². The number of nitrogens with zero attached hydrogens (tertiary/aromatic N) is 2. The molecule has 2 aromatic carbocycles. The fraction of sp³-hybridized carbons (Fsp3) is 0.375. The molecule has 3 N–H and O–H groups in total. The molecule has 0 amide bonds. The Morgan fingerprint density at radius 2 is 2.09 bits per heavy atom. The van der Waals surface area contributed by atoms with E-state index in [-0.39, 0.29) is 30.2 Å². The van der Waals surface area contributed by atoms with Gasteiger partial charge in [0.2, 0.25) is 11.7 Å². The first-order chi connectivity index (χ1) is 15.2. The molecule has 8 heteroatoms. The molecule has 2 aliphatic heterocycles. The standard InChI is InChI=1S/C24H27F2N3O3/c1-14(2)10-16(8-9-30)22-13-24(28-23(27)29(3)32-24)19-11-15(4-7-21(19)31-22)18-12-17(25)5-6-20(18)26/h4-7,10-12,16,22,30H,8-9,13H2,1-3H3,(H2,27,28). The number of aliphatic hydroxyl groups excluding tert-OH is 1. The normalized spacial score (nSPS) is 22.9. The molecule has 0 saturated carbocycles. The van der Waals surface area contributed by atoms with Gasteiger partial charge in [0.1, 0.15) is 23.5 Å². The summed E-state index contributed by atoms with van der Waals surface area (Å²) in [6.07, 6.45) is 2.60. The molecule has 1 spiro atoms. The smallest absolute Gasteiger partial charge is 0.221 e. The molecule has 0 fully saturated rings. The molecule has 2 aliphatic rings. The van der Waals surface area contributed by atoms with Crippen molar-refractivity contribution in [3.63, 3.8) is 0 Å². The number of aliphatic imine (C=N–C) groups is 1. The van der Waals surface area contributed by atoms with Crippen LogP contribution in [0.1, 0.15) is 32.3 Å². The average molecular weight is 443 g/mol. The molecule has 32 heavy (non-hydrogen) atoms. The van der Waals surface area contributed by atoms with Crippen molar-refractivity contribution in [2.75, 3.05) is 13.7 Å². The molecule has 2 heterocycles. The van der Waals surface area contributed by atoms with Crippen LogP contribution in [0.2, 0.25) is 0 Å². The first-order valence-electron chi connectivity index (χ1n) is 10.5. The number of hydrogen-bond donors (Lipinski definition) is 2. The van der Waals surface area contributed by atoms with E-state index in [0.717, 1.165) is 23.8 Å². The van der Waals surface area contributed by atoms with E-state index in [1.165, 1.54) is 5.06 Å². The molecule has 0 bridgehead atoms. The second-order valence-electron chi connectivity index (χ2n) is 8.46. The molecule has 2 aromatic rings. The molecule has 0 aromatic heterocycles. The molecule has 6 nitrogen and oxygen atoms in total. The van der Waals surface area contributed by atoms with Gasteiger partial charge in [-0.25, -0.2) is 23.7 Å². The summed E-state index contributed by atoms with van der Waals surface area (Å²) in [6, 6.07) is 8.44. The van der Waals surface area contributed by atoms with Gasteiger partial charge in [0.25, 0.3) is 0 Å². The number of nitrogens with two attached hydrogens (primary N) is 1. The number of fused-ring (bicyclic) bond motifs is 2. The van der Waals surface area contributed by atoms with Crippen molar-refractivity contribution in [3.05, 3.63) is 65.2 Å².